The lowest BCUT2D eigenvalue weighted by Gasteiger charge is -1.94. The molecule has 0 aliphatic rings. The molecule has 3 heteroatoms. The first-order chi connectivity index (χ1) is 5.74. The van der Waals surface area contributed by atoms with Gasteiger partial charge in [0.25, 0.3) is 0 Å². The van der Waals surface area contributed by atoms with Crippen LogP contribution in [0.2, 0.25) is 0 Å². The number of rotatable bonds is 2. The number of allylic oxidation sites excluding steroid dienone is 1. The summed E-state index contributed by atoms with van der Waals surface area (Å²) >= 11 is 5.37. The summed E-state index contributed by atoms with van der Waals surface area (Å²) in [6, 6.07) is 3.70. The summed E-state index contributed by atoms with van der Waals surface area (Å²) in [6.45, 7) is 0. The van der Waals surface area contributed by atoms with Crippen molar-refractivity contribution in [1.29, 1.82) is 0 Å². The molecule has 0 saturated carbocycles. The summed E-state index contributed by atoms with van der Waals surface area (Å²) in [5.74, 6) is -1.32. The van der Waals surface area contributed by atoms with E-state index in [4.69, 9.17) is 11.6 Å². The lowest BCUT2D eigenvalue weighted by Crippen LogP contribution is -1.83. The van der Waals surface area contributed by atoms with E-state index < -0.39 is 11.6 Å². The number of hydrogen-bond donors (Lipinski definition) is 0. The minimum atomic E-state index is -0.841. The monoisotopic (exact) mass is 188 g/mol. The Morgan fingerprint density at radius 2 is 2.00 bits per heavy atom. The smallest absolute Gasteiger partial charge is 0.159 e. The normalized spacial score (nSPS) is 10.9. The van der Waals surface area contributed by atoms with Crippen LogP contribution in [0, 0.1) is 11.6 Å². The highest BCUT2D eigenvalue weighted by atomic mass is 35.5. The van der Waals surface area contributed by atoms with Crippen LogP contribution in [0.3, 0.4) is 0 Å². The van der Waals surface area contributed by atoms with Gasteiger partial charge in [-0.1, -0.05) is 18.2 Å². The molecular weight excluding hydrogens is 182 g/mol. The number of halogens is 3. The van der Waals surface area contributed by atoms with Crippen molar-refractivity contribution < 1.29 is 8.78 Å². The van der Waals surface area contributed by atoms with E-state index >= 15 is 0 Å². The zero-order valence-electron chi connectivity index (χ0n) is 6.23. The molecule has 1 aromatic rings. The first-order valence-corrected chi connectivity index (χ1v) is 3.95. The molecule has 0 nitrogen and oxygen atoms in total. The first-order valence-electron chi connectivity index (χ1n) is 3.41. The van der Waals surface area contributed by atoms with Crippen LogP contribution in [0.4, 0.5) is 8.78 Å². The number of hydrogen-bond acceptors (Lipinski definition) is 0. The summed E-state index contributed by atoms with van der Waals surface area (Å²) in [6.07, 6.45) is 3.30. The van der Waals surface area contributed by atoms with Gasteiger partial charge < -0.3 is 0 Å². The number of benzene rings is 1. The molecule has 0 bridgehead atoms. The van der Waals surface area contributed by atoms with Crippen molar-refractivity contribution >= 4 is 17.7 Å². The summed E-state index contributed by atoms with van der Waals surface area (Å²) in [7, 11) is 0. The van der Waals surface area contributed by atoms with E-state index in [1.807, 2.05) is 0 Å². The Kier molecular flexibility index (Phi) is 3.23. The quantitative estimate of drug-likeness (QED) is 0.626. The van der Waals surface area contributed by atoms with Crippen LogP contribution in [0.5, 0.6) is 0 Å². The third-order valence-corrected chi connectivity index (χ3v) is 1.52. The van der Waals surface area contributed by atoms with Gasteiger partial charge in [0.15, 0.2) is 11.6 Å². The van der Waals surface area contributed by atoms with Crippen LogP contribution in [0.25, 0.3) is 6.08 Å². The Balaban J connectivity index is 2.89. The molecule has 0 saturated heterocycles. The Morgan fingerprint density at radius 3 is 2.58 bits per heavy atom. The largest absolute Gasteiger partial charge is 0.204 e. The maximum Gasteiger partial charge on any atom is 0.159 e. The standard InChI is InChI=1S/C9H7ClF2/c10-5-1-2-7-3-4-8(11)9(12)6-7/h1-4,6H,5H2. The van der Waals surface area contributed by atoms with Crippen molar-refractivity contribution in [2.24, 2.45) is 0 Å². The molecule has 64 valence electrons. The summed E-state index contributed by atoms with van der Waals surface area (Å²) < 4.78 is 25.0. The molecule has 0 aliphatic carbocycles. The van der Waals surface area contributed by atoms with E-state index in [2.05, 4.69) is 0 Å². The molecule has 1 aromatic carbocycles. The molecule has 1 rings (SSSR count). The lowest BCUT2D eigenvalue weighted by molar-refractivity contribution is 0.508. The fourth-order valence-electron chi connectivity index (χ4n) is 0.797. The van der Waals surface area contributed by atoms with Gasteiger partial charge in [-0.15, -0.1) is 11.6 Å². The predicted molar refractivity (Wildman–Crippen MR) is 46.1 cm³/mol. The predicted octanol–water partition coefficient (Wildman–Crippen LogP) is 3.22. The third kappa shape index (κ3) is 2.31. The fraction of sp³-hybridized carbons (Fsp3) is 0.111. The molecule has 0 atom stereocenters. The molecule has 0 amide bonds. The van der Waals surface area contributed by atoms with Crippen LogP contribution < -0.4 is 0 Å². The Labute approximate surface area is 74.5 Å². The Morgan fingerprint density at radius 1 is 1.25 bits per heavy atom. The van der Waals surface area contributed by atoms with Gasteiger partial charge in [0.2, 0.25) is 0 Å². The van der Waals surface area contributed by atoms with Crippen molar-refractivity contribution in [3.8, 4) is 0 Å². The molecule has 0 spiro atoms. The summed E-state index contributed by atoms with van der Waals surface area (Å²) in [5, 5.41) is 0. The molecule has 0 radical (unpaired) electrons. The van der Waals surface area contributed by atoms with Gasteiger partial charge >= 0.3 is 0 Å². The van der Waals surface area contributed by atoms with Gasteiger partial charge in [0.05, 0.1) is 0 Å². The maximum absolute atomic E-state index is 12.6. The molecule has 0 aromatic heterocycles. The summed E-state index contributed by atoms with van der Waals surface area (Å²) in [4.78, 5) is 0. The van der Waals surface area contributed by atoms with E-state index in [0.29, 0.717) is 11.4 Å². The van der Waals surface area contributed by atoms with Gasteiger partial charge in [-0.2, -0.15) is 0 Å². The van der Waals surface area contributed by atoms with Crippen LogP contribution in [-0.2, 0) is 0 Å². The fourth-order valence-corrected chi connectivity index (χ4v) is 0.886. The number of alkyl halides is 1. The van der Waals surface area contributed by atoms with Crippen LogP contribution in [0.15, 0.2) is 24.3 Å². The van der Waals surface area contributed by atoms with Crippen molar-refractivity contribution in [2.45, 2.75) is 0 Å². The molecule has 0 N–H and O–H groups in total. The van der Waals surface area contributed by atoms with Crippen molar-refractivity contribution in [1.82, 2.24) is 0 Å². The first kappa shape index (κ1) is 9.20. The zero-order valence-corrected chi connectivity index (χ0v) is 6.98. The Hall–Kier alpha value is -0.890. The molecular formula is C9H7ClF2. The SMILES string of the molecule is Fc1ccc(C=CCCl)cc1F. The van der Waals surface area contributed by atoms with Crippen molar-refractivity contribution in [2.75, 3.05) is 5.88 Å². The maximum atomic E-state index is 12.6. The van der Waals surface area contributed by atoms with Gasteiger partial charge in [-0.3, -0.25) is 0 Å². The van der Waals surface area contributed by atoms with Gasteiger partial charge in [-0.25, -0.2) is 8.78 Å². The molecule has 12 heavy (non-hydrogen) atoms. The molecule has 0 unspecified atom stereocenters. The highest BCUT2D eigenvalue weighted by Gasteiger charge is 1.99. The van der Waals surface area contributed by atoms with Gasteiger partial charge in [0, 0.05) is 5.88 Å². The zero-order chi connectivity index (χ0) is 8.97. The highest BCUT2D eigenvalue weighted by molar-refractivity contribution is 6.19. The van der Waals surface area contributed by atoms with E-state index in [1.54, 1.807) is 12.2 Å². The molecule has 0 fully saturated rings. The van der Waals surface area contributed by atoms with E-state index in [1.165, 1.54) is 6.07 Å². The molecule has 0 aliphatic heterocycles. The Bertz CT molecular complexity index is 295. The third-order valence-electron chi connectivity index (χ3n) is 1.34. The minimum absolute atomic E-state index is 0.360. The van der Waals surface area contributed by atoms with E-state index in [-0.39, 0.29) is 0 Å². The van der Waals surface area contributed by atoms with Crippen molar-refractivity contribution in [3.63, 3.8) is 0 Å². The second-order valence-corrected chi connectivity index (χ2v) is 2.54. The minimum Gasteiger partial charge on any atom is -0.204 e. The van der Waals surface area contributed by atoms with Crippen LogP contribution in [0.1, 0.15) is 5.56 Å². The van der Waals surface area contributed by atoms with Gasteiger partial charge in [0.1, 0.15) is 0 Å². The van der Waals surface area contributed by atoms with E-state index in [0.717, 1.165) is 12.1 Å². The van der Waals surface area contributed by atoms with Crippen LogP contribution >= 0.6 is 11.6 Å². The van der Waals surface area contributed by atoms with Gasteiger partial charge in [-0.05, 0) is 17.7 Å². The average molecular weight is 189 g/mol. The molecule has 0 heterocycles. The second-order valence-electron chi connectivity index (χ2n) is 2.23. The van der Waals surface area contributed by atoms with Crippen molar-refractivity contribution in [3.05, 3.63) is 41.5 Å². The highest BCUT2D eigenvalue weighted by Crippen LogP contribution is 2.09. The lowest BCUT2D eigenvalue weighted by atomic mass is 10.2. The summed E-state index contributed by atoms with van der Waals surface area (Å²) in [5.41, 5.74) is 0.606. The second kappa shape index (κ2) is 4.21. The average Bonchev–Trinajstić information content (AvgIpc) is 2.07. The van der Waals surface area contributed by atoms with Crippen LogP contribution in [-0.4, -0.2) is 5.88 Å². The van der Waals surface area contributed by atoms with E-state index in [9.17, 15) is 8.78 Å². The topological polar surface area (TPSA) is 0 Å².